The Morgan fingerprint density at radius 3 is 2.59 bits per heavy atom. The average Bonchev–Trinajstić information content (AvgIpc) is 2.13. The van der Waals surface area contributed by atoms with E-state index in [-0.39, 0.29) is 5.54 Å². The van der Waals surface area contributed by atoms with E-state index < -0.39 is 0 Å². The zero-order valence-corrected chi connectivity index (χ0v) is 11.5. The number of nitrogens with zero attached hydrogens (tertiary/aromatic N) is 1. The summed E-state index contributed by atoms with van der Waals surface area (Å²) < 4.78 is 0. The lowest BCUT2D eigenvalue weighted by Crippen LogP contribution is -2.46. The molecule has 1 aromatic rings. The van der Waals surface area contributed by atoms with Crippen LogP contribution in [0.3, 0.4) is 0 Å². The summed E-state index contributed by atoms with van der Waals surface area (Å²) in [6, 6.07) is 2.20. The molecule has 1 heterocycles. The van der Waals surface area contributed by atoms with Gasteiger partial charge in [-0.05, 0) is 48.6 Å². The highest BCUT2D eigenvalue weighted by molar-refractivity contribution is 5.26. The van der Waals surface area contributed by atoms with E-state index in [0.717, 1.165) is 12.8 Å². The molecule has 1 aliphatic carbocycles. The molecule has 0 amide bonds. The molecule has 0 saturated heterocycles. The topological polar surface area (TPSA) is 38.9 Å². The molecule has 2 unspecified atom stereocenters. The summed E-state index contributed by atoms with van der Waals surface area (Å²) in [6.45, 7) is 9.05. The summed E-state index contributed by atoms with van der Waals surface area (Å²) in [4.78, 5) is 4.30. The highest BCUT2D eigenvalue weighted by Crippen LogP contribution is 2.47. The van der Waals surface area contributed by atoms with Gasteiger partial charge in [0, 0.05) is 17.9 Å². The summed E-state index contributed by atoms with van der Waals surface area (Å²) >= 11 is 0. The Hall–Kier alpha value is -0.890. The van der Waals surface area contributed by atoms with Gasteiger partial charge in [0.25, 0.3) is 0 Å². The third-order valence-electron chi connectivity index (χ3n) is 3.86. The van der Waals surface area contributed by atoms with Crippen LogP contribution in [0, 0.1) is 18.3 Å². The Labute approximate surface area is 105 Å². The van der Waals surface area contributed by atoms with Crippen LogP contribution in [-0.2, 0) is 5.54 Å². The molecule has 94 valence electrons. The molecule has 0 aliphatic heterocycles. The van der Waals surface area contributed by atoms with Gasteiger partial charge in [-0.25, -0.2) is 0 Å². The predicted octanol–water partition coefficient (Wildman–Crippen LogP) is 3.39. The van der Waals surface area contributed by atoms with E-state index in [4.69, 9.17) is 5.73 Å². The average molecular weight is 232 g/mol. The van der Waals surface area contributed by atoms with Crippen LogP contribution in [0.5, 0.6) is 0 Å². The van der Waals surface area contributed by atoms with E-state index in [9.17, 15) is 0 Å². The van der Waals surface area contributed by atoms with E-state index in [1.165, 1.54) is 17.5 Å². The molecule has 2 heteroatoms. The Morgan fingerprint density at radius 2 is 2.00 bits per heavy atom. The normalized spacial score (nSPS) is 32.4. The van der Waals surface area contributed by atoms with Gasteiger partial charge in [-0.3, -0.25) is 4.98 Å². The minimum atomic E-state index is -0.194. The second-order valence-corrected chi connectivity index (χ2v) is 6.76. The van der Waals surface area contributed by atoms with E-state index in [2.05, 4.69) is 38.7 Å². The molecule has 2 N–H and O–H groups in total. The van der Waals surface area contributed by atoms with Crippen LogP contribution in [0.2, 0.25) is 0 Å². The molecule has 0 bridgehead atoms. The summed E-state index contributed by atoms with van der Waals surface area (Å²) in [5.41, 5.74) is 9.21. The molecule has 2 nitrogen and oxygen atoms in total. The smallest absolute Gasteiger partial charge is 0.0432 e. The molecular weight excluding hydrogens is 208 g/mol. The SMILES string of the molecule is Cc1cncc(C2(N)CC(C)CC(C)(C)C2)c1. The monoisotopic (exact) mass is 232 g/mol. The van der Waals surface area contributed by atoms with Crippen molar-refractivity contribution in [1.29, 1.82) is 0 Å². The second kappa shape index (κ2) is 4.09. The number of rotatable bonds is 1. The highest BCUT2D eigenvalue weighted by Gasteiger charge is 2.41. The van der Waals surface area contributed by atoms with Crippen molar-refractivity contribution >= 4 is 0 Å². The standard InChI is InChI=1S/C15H24N2/c1-11-5-13(9-17-8-11)15(16)7-12(2)6-14(3,4)10-15/h5,8-9,12H,6-7,10,16H2,1-4H3. The fourth-order valence-electron chi connectivity index (χ4n) is 3.68. The quantitative estimate of drug-likeness (QED) is 0.806. The fourth-order valence-corrected chi connectivity index (χ4v) is 3.68. The van der Waals surface area contributed by atoms with Crippen LogP contribution in [0.1, 0.15) is 51.2 Å². The summed E-state index contributed by atoms with van der Waals surface area (Å²) in [7, 11) is 0. The first-order valence-electron chi connectivity index (χ1n) is 6.52. The molecule has 2 rings (SSSR count). The van der Waals surface area contributed by atoms with Crippen molar-refractivity contribution < 1.29 is 0 Å². The Morgan fingerprint density at radius 1 is 1.29 bits per heavy atom. The maximum atomic E-state index is 6.68. The first-order chi connectivity index (χ1) is 7.81. The van der Waals surface area contributed by atoms with E-state index >= 15 is 0 Å². The summed E-state index contributed by atoms with van der Waals surface area (Å²) in [6.07, 6.45) is 7.23. The maximum absolute atomic E-state index is 6.68. The summed E-state index contributed by atoms with van der Waals surface area (Å²) in [5.74, 6) is 0.685. The molecule has 0 spiro atoms. The molecule has 1 saturated carbocycles. The number of nitrogens with two attached hydrogens (primary N) is 1. The Bertz CT molecular complexity index is 411. The number of hydrogen-bond donors (Lipinski definition) is 1. The van der Waals surface area contributed by atoms with Gasteiger partial charge in [-0.1, -0.05) is 26.8 Å². The number of aryl methyl sites for hydroxylation is 1. The molecular formula is C15H24N2. The second-order valence-electron chi connectivity index (χ2n) is 6.76. The van der Waals surface area contributed by atoms with Crippen molar-refractivity contribution in [2.24, 2.45) is 17.1 Å². The number of aromatic nitrogens is 1. The van der Waals surface area contributed by atoms with Gasteiger partial charge in [0.15, 0.2) is 0 Å². The first kappa shape index (κ1) is 12.6. The van der Waals surface area contributed by atoms with Crippen molar-refractivity contribution in [2.45, 2.75) is 52.5 Å². The van der Waals surface area contributed by atoms with Crippen LogP contribution in [-0.4, -0.2) is 4.98 Å². The number of pyridine rings is 1. The lowest BCUT2D eigenvalue weighted by atomic mass is 9.63. The fraction of sp³-hybridized carbons (Fsp3) is 0.667. The van der Waals surface area contributed by atoms with E-state index in [0.29, 0.717) is 11.3 Å². The van der Waals surface area contributed by atoms with Crippen LogP contribution < -0.4 is 5.73 Å². The molecule has 1 aliphatic rings. The van der Waals surface area contributed by atoms with Gasteiger partial charge >= 0.3 is 0 Å². The first-order valence-corrected chi connectivity index (χ1v) is 6.52. The molecule has 1 fully saturated rings. The third kappa shape index (κ3) is 2.68. The van der Waals surface area contributed by atoms with Crippen molar-refractivity contribution in [2.75, 3.05) is 0 Å². The van der Waals surface area contributed by atoms with Crippen molar-refractivity contribution in [3.63, 3.8) is 0 Å². The minimum absolute atomic E-state index is 0.194. The van der Waals surface area contributed by atoms with Gasteiger partial charge in [0.05, 0.1) is 0 Å². The molecule has 0 aromatic carbocycles. The molecule has 2 atom stereocenters. The number of hydrogen-bond acceptors (Lipinski definition) is 2. The van der Waals surface area contributed by atoms with Crippen molar-refractivity contribution in [3.8, 4) is 0 Å². The maximum Gasteiger partial charge on any atom is 0.0432 e. The van der Waals surface area contributed by atoms with Crippen LogP contribution >= 0.6 is 0 Å². The predicted molar refractivity (Wildman–Crippen MR) is 71.6 cm³/mol. The van der Waals surface area contributed by atoms with Crippen molar-refractivity contribution in [1.82, 2.24) is 4.98 Å². The van der Waals surface area contributed by atoms with Gasteiger partial charge in [0.1, 0.15) is 0 Å². The molecule has 1 aromatic heterocycles. The van der Waals surface area contributed by atoms with Crippen LogP contribution in [0.25, 0.3) is 0 Å². The molecule has 17 heavy (non-hydrogen) atoms. The summed E-state index contributed by atoms with van der Waals surface area (Å²) in [5, 5.41) is 0. The van der Waals surface area contributed by atoms with Gasteiger partial charge in [-0.15, -0.1) is 0 Å². The van der Waals surface area contributed by atoms with Crippen LogP contribution in [0.15, 0.2) is 18.5 Å². The van der Waals surface area contributed by atoms with Crippen molar-refractivity contribution in [3.05, 3.63) is 29.6 Å². The third-order valence-corrected chi connectivity index (χ3v) is 3.86. The molecule has 0 radical (unpaired) electrons. The van der Waals surface area contributed by atoms with E-state index in [1.54, 1.807) is 0 Å². The lowest BCUT2D eigenvalue weighted by molar-refractivity contribution is 0.107. The Balaban J connectivity index is 2.35. The highest BCUT2D eigenvalue weighted by atomic mass is 14.8. The zero-order valence-electron chi connectivity index (χ0n) is 11.5. The zero-order chi connectivity index (χ0) is 12.7. The van der Waals surface area contributed by atoms with Gasteiger partial charge < -0.3 is 5.73 Å². The lowest BCUT2D eigenvalue weighted by Gasteiger charge is -2.45. The van der Waals surface area contributed by atoms with Gasteiger partial charge in [-0.2, -0.15) is 0 Å². The Kier molecular flexibility index (Phi) is 3.03. The largest absolute Gasteiger partial charge is 0.321 e. The van der Waals surface area contributed by atoms with Gasteiger partial charge in [0.2, 0.25) is 0 Å². The van der Waals surface area contributed by atoms with E-state index in [1.807, 2.05) is 12.4 Å². The minimum Gasteiger partial charge on any atom is -0.321 e. The van der Waals surface area contributed by atoms with Crippen LogP contribution in [0.4, 0.5) is 0 Å².